The van der Waals surface area contributed by atoms with Gasteiger partial charge >= 0.3 is 11.9 Å². The Kier molecular flexibility index (Phi) is 2.82. The van der Waals surface area contributed by atoms with Gasteiger partial charge in [-0.1, -0.05) is 13.8 Å². The Balaban J connectivity index is 2.19. The molecular weight excluding hydrogens is 274 g/mol. The topological polar surface area (TPSA) is 47.9 Å². The summed E-state index contributed by atoms with van der Waals surface area (Å²) in [5.41, 5.74) is 1.23. The van der Waals surface area contributed by atoms with E-state index in [2.05, 4.69) is 34.8 Å². The number of rotatable bonds is 2. The first-order valence-corrected chi connectivity index (χ1v) is 6.09. The zero-order valence-corrected chi connectivity index (χ0v) is 11.1. The molecule has 0 spiro atoms. The van der Waals surface area contributed by atoms with Crippen molar-refractivity contribution in [3.8, 4) is 0 Å². The third-order valence-corrected chi connectivity index (χ3v) is 3.91. The number of esters is 1. The van der Waals surface area contributed by atoms with Gasteiger partial charge in [-0.25, -0.2) is 9.79 Å². The number of hydrogen-bond donors (Lipinski definition) is 0. The summed E-state index contributed by atoms with van der Waals surface area (Å²) in [6, 6.07) is 0. The second-order valence-electron chi connectivity index (χ2n) is 4.27. The molecule has 2 atom stereocenters. The molecule has 0 radical (unpaired) electrons. The van der Waals surface area contributed by atoms with Crippen LogP contribution in [-0.4, -0.2) is 25.0 Å². The lowest BCUT2D eigenvalue weighted by Crippen LogP contribution is -2.20. The molecule has 1 fully saturated rings. The van der Waals surface area contributed by atoms with Gasteiger partial charge in [-0.15, -0.1) is 0 Å². The molecule has 0 saturated heterocycles. The first-order valence-electron chi connectivity index (χ1n) is 5.30. The third kappa shape index (κ3) is 1.67. The van der Waals surface area contributed by atoms with E-state index in [1.54, 1.807) is 6.92 Å². The molecule has 1 saturated carbocycles. The van der Waals surface area contributed by atoms with Gasteiger partial charge in [0.15, 0.2) is 4.67 Å². The largest absolute Gasteiger partial charge is 0.459 e. The van der Waals surface area contributed by atoms with E-state index in [4.69, 9.17) is 9.47 Å². The van der Waals surface area contributed by atoms with Crippen molar-refractivity contribution in [2.75, 3.05) is 13.2 Å². The minimum atomic E-state index is -0.502. The average molecular weight is 288 g/mol. The monoisotopic (exact) mass is 287 g/mol. The van der Waals surface area contributed by atoms with Gasteiger partial charge in [0.25, 0.3) is 0 Å². The van der Waals surface area contributed by atoms with Crippen LogP contribution in [0.4, 0.5) is 0 Å². The molecule has 2 rings (SSSR count). The van der Waals surface area contributed by atoms with Crippen LogP contribution < -0.4 is 0 Å². The van der Waals surface area contributed by atoms with E-state index in [-0.39, 0.29) is 11.3 Å². The number of halogens is 1. The molecule has 0 aromatic rings. The Morgan fingerprint density at radius 2 is 2.44 bits per heavy atom. The molecule has 0 bridgehead atoms. The predicted octanol–water partition coefficient (Wildman–Crippen LogP) is 2.24. The molecule has 88 valence electrons. The maximum atomic E-state index is 11.5. The highest BCUT2D eigenvalue weighted by Gasteiger charge is 2.56. The van der Waals surface area contributed by atoms with Crippen LogP contribution in [0.5, 0.6) is 0 Å². The molecule has 0 aromatic heterocycles. The molecule has 2 unspecified atom stereocenters. The van der Waals surface area contributed by atoms with E-state index in [0.717, 1.165) is 0 Å². The van der Waals surface area contributed by atoms with E-state index >= 15 is 0 Å². The maximum Gasteiger partial charge on any atom is 0.394 e. The molecule has 0 N–H and O–H groups in total. The summed E-state index contributed by atoms with van der Waals surface area (Å²) >= 11 is 3.35. The van der Waals surface area contributed by atoms with Gasteiger partial charge in [-0.3, -0.25) is 0 Å². The summed E-state index contributed by atoms with van der Waals surface area (Å²) in [4.78, 5) is 15.7. The maximum absolute atomic E-state index is 11.5. The van der Waals surface area contributed by atoms with Crippen LogP contribution in [0, 0.1) is 11.3 Å². The molecule has 1 aliphatic heterocycles. The van der Waals surface area contributed by atoms with Crippen LogP contribution in [0.2, 0.25) is 0 Å². The normalized spacial score (nSPS) is 32.2. The molecule has 0 amide bonds. The smallest absolute Gasteiger partial charge is 0.394 e. The minimum absolute atomic E-state index is 0.0348. The van der Waals surface area contributed by atoms with Gasteiger partial charge in [0, 0.05) is 5.41 Å². The third-order valence-electron chi connectivity index (χ3n) is 3.32. The fourth-order valence-electron chi connectivity index (χ4n) is 2.01. The van der Waals surface area contributed by atoms with Crippen molar-refractivity contribution in [3.63, 3.8) is 0 Å². The quantitative estimate of drug-likeness (QED) is 0.732. The summed E-state index contributed by atoms with van der Waals surface area (Å²) in [6.45, 7) is 6.90. The molecule has 4 nitrogen and oxygen atoms in total. The van der Waals surface area contributed by atoms with E-state index in [0.29, 0.717) is 23.7 Å². The predicted molar refractivity (Wildman–Crippen MR) is 63.2 cm³/mol. The Morgan fingerprint density at radius 1 is 1.75 bits per heavy atom. The molecule has 2 aliphatic rings. The van der Waals surface area contributed by atoms with E-state index < -0.39 is 5.97 Å². The summed E-state index contributed by atoms with van der Waals surface area (Å²) in [5, 5.41) is 0. The SMILES string of the molecule is CCOC(=O)C1=NCC2(C)C(=C(Br)O1)C2C. The van der Waals surface area contributed by atoms with Crippen molar-refractivity contribution in [2.45, 2.75) is 20.8 Å². The Labute approximate surface area is 103 Å². The van der Waals surface area contributed by atoms with Crippen molar-refractivity contribution in [2.24, 2.45) is 16.3 Å². The Bertz CT molecular complexity index is 402. The zero-order chi connectivity index (χ0) is 11.9. The lowest BCUT2D eigenvalue weighted by molar-refractivity contribution is -0.136. The fourth-order valence-corrected chi connectivity index (χ4v) is 2.96. The molecule has 1 aliphatic carbocycles. The summed E-state index contributed by atoms with van der Waals surface area (Å²) in [6.07, 6.45) is 0. The van der Waals surface area contributed by atoms with E-state index in [1.807, 2.05) is 0 Å². The van der Waals surface area contributed by atoms with Crippen LogP contribution in [0.15, 0.2) is 15.2 Å². The second kappa shape index (κ2) is 3.87. The number of ether oxygens (including phenoxy) is 2. The van der Waals surface area contributed by atoms with Crippen LogP contribution in [0.3, 0.4) is 0 Å². The van der Waals surface area contributed by atoms with Gasteiger partial charge < -0.3 is 9.47 Å². The summed E-state index contributed by atoms with van der Waals surface area (Å²) in [5.74, 6) is -0.00572. The zero-order valence-electron chi connectivity index (χ0n) is 9.54. The van der Waals surface area contributed by atoms with Crippen LogP contribution in [0.25, 0.3) is 0 Å². The van der Waals surface area contributed by atoms with Crippen molar-refractivity contribution in [1.29, 1.82) is 0 Å². The fraction of sp³-hybridized carbons (Fsp3) is 0.636. The van der Waals surface area contributed by atoms with Crippen LogP contribution >= 0.6 is 15.9 Å². The van der Waals surface area contributed by atoms with Gasteiger partial charge in [-0.05, 0) is 34.3 Å². The van der Waals surface area contributed by atoms with E-state index in [1.165, 1.54) is 5.57 Å². The van der Waals surface area contributed by atoms with Crippen molar-refractivity contribution in [1.82, 2.24) is 0 Å². The van der Waals surface area contributed by atoms with Gasteiger partial charge in [0.1, 0.15) is 0 Å². The van der Waals surface area contributed by atoms with Crippen LogP contribution in [0.1, 0.15) is 20.8 Å². The summed E-state index contributed by atoms with van der Waals surface area (Å²) < 4.78 is 10.9. The van der Waals surface area contributed by atoms with Crippen LogP contribution in [-0.2, 0) is 14.3 Å². The van der Waals surface area contributed by atoms with E-state index in [9.17, 15) is 4.79 Å². The van der Waals surface area contributed by atoms with Crippen molar-refractivity contribution < 1.29 is 14.3 Å². The van der Waals surface area contributed by atoms with Crippen molar-refractivity contribution in [3.05, 3.63) is 10.2 Å². The Morgan fingerprint density at radius 3 is 3.06 bits per heavy atom. The molecular formula is C11H14BrNO3. The highest BCUT2D eigenvalue weighted by atomic mass is 79.9. The average Bonchev–Trinajstić information content (AvgIpc) is 2.80. The first kappa shape index (κ1) is 11.6. The first-order chi connectivity index (χ1) is 7.50. The van der Waals surface area contributed by atoms with Gasteiger partial charge in [0.2, 0.25) is 0 Å². The number of aliphatic imine (C=N–C) groups is 1. The Hall–Kier alpha value is -0.840. The van der Waals surface area contributed by atoms with Crippen molar-refractivity contribution >= 4 is 27.8 Å². The number of fused-ring (bicyclic) bond motifs is 1. The number of nitrogens with zero attached hydrogens (tertiary/aromatic N) is 1. The number of carbonyl (C=O) groups is 1. The molecule has 0 aromatic carbocycles. The minimum Gasteiger partial charge on any atom is -0.459 e. The standard InChI is InChI=1S/C11H14BrNO3/c1-4-15-10(14)9-13-5-11(3)6(2)7(11)8(12)16-9/h6H,4-5H2,1-3H3. The number of hydrogen-bond acceptors (Lipinski definition) is 4. The van der Waals surface area contributed by atoms with Gasteiger partial charge in [0.05, 0.1) is 13.2 Å². The van der Waals surface area contributed by atoms with Gasteiger partial charge in [-0.2, -0.15) is 0 Å². The molecule has 5 heteroatoms. The summed E-state index contributed by atoms with van der Waals surface area (Å²) in [7, 11) is 0. The second-order valence-corrected chi connectivity index (χ2v) is 4.99. The molecule has 1 heterocycles. The highest BCUT2D eigenvalue weighted by Crippen LogP contribution is 2.61. The molecule has 16 heavy (non-hydrogen) atoms. The lowest BCUT2D eigenvalue weighted by atomic mass is 10.1. The number of carbonyl (C=O) groups excluding carboxylic acids is 1. The highest BCUT2D eigenvalue weighted by molar-refractivity contribution is 9.11. The lowest BCUT2D eigenvalue weighted by Gasteiger charge is -2.06.